The van der Waals surface area contributed by atoms with Gasteiger partial charge >= 0.3 is 5.97 Å². The van der Waals surface area contributed by atoms with E-state index in [1.165, 1.54) is 5.69 Å². The first-order valence-electron chi connectivity index (χ1n) is 15.6. The topological polar surface area (TPSA) is 52.9 Å². The summed E-state index contributed by atoms with van der Waals surface area (Å²) in [5.74, 6) is 0.300. The van der Waals surface area contributed by atoms with E-state index in [-0.39, 0.29) is 5.97 Å². The normalized spacial score (nSPS) is 15.6. The van der Waals surface area contributed by atoms with E-state index < -0.39 is 5.60 Å². The van der Waals surface area contributed by atoms with Crippen LogP contribution >= 0.6 is 0 Å². The average Bonchev–Trinajstić information content (AvgIpc) is 3.51. The van der Waals surface area contributed by atoms with Gasteiger partial charge in [0, 0.05) is 59.1 Å². The highest BCUT2D eigenvalue weighted by Crippen LogP contribution is 2.52. The number of benzene rings is 4. The van der Waals surface area contributed by atoms with Gasteiger partial charge in [-0.25, -0.2) is 4.79 Å². The maximum Gasteiger partial charge on any atom is 0.340 e. The first-order chi connectivity index (χ1) is 21.9. The zero-order valence-electron chi connectivity index (χ0n) is 26.5. The van der Waals surface area contributed by atoms with Gasteiger partial charge in [-0.1, -0.05) is 73.3 Å². The van der Waals surface area contributed by atoms with Gasteiger partial charge in [-0.15, -0.1) is 0 Å². The van der Waals surface area contributed by atoms with Crippen molar-refractivity contribution in [2.45, 2.75) is 33.0 Å². The number of aromatic nitrogens is 1. The maximum atomic E-state index is 13.5. The molecule has 6 nitrogen and oxygen atoms in total. The molecule has 6 heteroatoms. The highest BCUT2D eigenvalue weighted by atomic mass is 16.6. The Kier molecular flexibility index (Phi) is 8.50. The zero-order valence-corrected chi connectivity index (χ0v) is 26.5. The van der Waals surface area contributed by atoms with Gasteiger partial charge in [-0.05, 0) is 62.2 Å². The van der Waals surface area contributed by atoms with E-state index in [4.69, 9.17) is 14.2 Å². The van der Waals surface area contributed by atoms with E-state index in [2.05, 4.69) is 67.1 Å². The molecule has 230 valence electrons. The van der Waals surface area contributed by atoms with E-state index >= 15 is 0 Å². The van der Waals surface area contributed by atoms with Crippen LogP contribution in [-0.2, 0) is 28.7 Å². The molecule has 0 spiro atoms. The van der Waals surface area contributed by atoms with Crippen LogP contribution in [0.5, 0.6) is 5.75 Å². The minimum absolute atomic E-state index is 0.332. The highest BCUT2D eigenvalue weighted by Gasteiger charge is 2.52. The lowest BCUT2D eigenvalue weighted by Gasteiger charge is -2.32. The molecule has 5 aromatic rings. The Morgan fingerprint density at radius 1 is 0.911 bits per heavy atom. The number of hydrogen-bond acceptors (Lipinski definition) is 5. The number of cyclic esters (lactones) is 1. The van der Waals surface area contributed by atoms with Crippen molar-refractivity contribution in [2.24, 2.45) is 7.05 Å². The first-order valence-corrected chi connectivity index (χ1v) is 15.6. The smallest absolute Gasteiger partial charge is 0.340 e. The summed E-state index contributed by atoms with van der Waals surface area (Å²) in [5, 5.41) is 1.03. The Labute approximate surface area is 265 Å². The predicted octanol–water partition coefficient (Wildman–Crippen LogP) is 8.03. The van der Waals surface area contributed by atoms with Crippen molar-refractivity contribution >= 4 is 28.6 Å². The molecule has 1 aromatic heterocycles. The first kappa shape index (κ1) is 30.2. The minimum Gasteiger partial charge on any atom is -0.491 e. The van der Waals surface area contributed by atoms with Crippen molar-refractivity contribution in [3.8, 4) is 5.75 Å². The van der Waals surface area contributed by atoms with Crippen molar-refractivity contribution in [3.05, 3.63) is 137 Å². The number of carbonyl (C=O) groups is 1. The molecular formula is C39H40N2O4. The summed E-state index contributed by atoms with van der Waals surface area (Å²) in [5.41, 5.74) is 7.34. The van der Waals surface area contributed by atoms with Crippen molar-refractivity contribution in [1.29, 1.82) is 0 Å². The SMILES string of the molecule is C=Cc1cc(N(CC)CC)ccc1COCCOc1ccccc1C1(c2c(C)n(C)c3ccccc23)OC(=O)c2ccccc21. The molecule has 0 N–H and O–H groups in total. The van der Waals surface area contributed by atoms with Crippen molar-refractivity contribution < 1.29 is 19.0 Å². The number of hydrogen-bond donors (Lipinski definition) is 0. The molecule has 0 amide bonds. The molecule has 2 heterocycles. The largest absolute Gasteiger partial charge is 0.491 e. The van der Waals surface area contributed by atoms with E-state index in [0.717, 1.165) is 57.5 Å². The third-order valence-electron chi connectivity index (χ3n) is 9.01. The van der Waals surface area contributed by atoms with Crippen LogP contribution in [0.1, 0.15) is 57.7 Å². The fraction of sp³-hybridized carbons (Fsp3) is 0.256. The molecule has 45 heavy (non-hydrogen) atoms. The minimum atomic E-state index is -1.18. The van der Waals surface area contributed by atoms with Crippen molar-refractivity contribution in [2.75, 3.05) is 31.2 Å². The van der Waals surface area contributed by atoms with Gasteiger partial charge in [0.2, 0.25) is 0 Å². The number of ether oxygens (including phenoxy) is 3. The number of nitrogens with zero attached hydrogens (tertiary/aromatic N) is 2. The van der Waals surface area contributed by atoms with Crippen LogP contribution in [0, 0.1) is 6.92 Å². The number of esters is 1. The predicted molar refractivity (Wildman–Crippen MR) is 181 cm³/mol. The molecule has 0 radical (unpaired) electrons. The van der Waals surface area contributed by atoms with Crippen molar-refractivity contribution in [3.63, 3.8) is 0 Å². The lowest BCUT2D eigenvalue weighted by molar-refractivity contribution is 0.0241. The Morgan fingerprint density at radius 3 is 2.40 bits per heavy atom. The standard InChI is InChI=1S/C39H40N2O4/c1-6-28-25-30(41(7-2)8-3)22-21-29(28)26-43-23-24-44-36-20-14-12-18-34(36)39(33-17-11-9-15-31(33)38(42)45-39)37-27(4)40(5)35-19-13-10-16-32(35)37/h6,9-22,25H,1,7-8,23-24,26H2,2-5H3. The lowest BCUT2D eigenvalue weighted by Crippen LogP contribution is -2.31. The quantitative estimate of drug-likeness (QED) is 0.107. The summed E-state index contributed by atoms with van der Waals surface area (Å²) in [6.07, 6.45) is 1.88. The Hall–Kier alpha value is -4.81. The second-order valence-corrected chi connectivity index (χ2v) is 11.3. The van der Waals surface area contributed by atoms with Crippen molar-refractivity contribution in [1.82, 2.24) is 4.57 Å². The van der Waals surface area contributed by atoms with E-state index in [0.29, 0.717) is 31.1 Å². The van der Waals surface area contributed by atoms with Crippen LogP contribution in [0.25, 0.3) is 17.0 Å². The van der Waals surface area contributed by atoms with E-state index in [9.17, 15) is 4.79 Å². The molecular weight excluding hydrogens is 560 g/mol. The summed E-state index contributed by atoms with van der Waals surface area (Å²) in [6.45, 7) is 13.5. The van der Waals surface area contributed by atoms with Gasteiger partial charge in [0.15, 0.2) is 5.60 Å². The third kappa shape index (κ3) is 5.19. The van der Waals surface area contributed by atoms with Gasteiger partial charge in [0.1, 0.15) is 12.4 Å². The molecule has 1 aliphatic heterocycles. The van der Waals surface area contributed by atoms with E-state index in [1.807, 2.05) is 73.8 Å². The summed E-state index contributed by atoms with van der Waals surface area (Å²) >= 11 is 0. The number of fused-ring (bicyclic) bond motifs is 2. The molecule has 1 atom stereocenters. The van der Waals surface area contributed by atoms with E-state index in [1.54, 1.807) is 0 Å². The molecule has 0 aliphatic carbocycles. The van der Waals surface area contributed by atoms with Gasteiger partial charge in [-0.3, -0.25) is 0 Å². The number of anilines is 1. The summed E-state index contributed by atoms with van der Waals surface area (Å²) in [4.78, 5) is 15.8. The Balaban J connectivity index is 1.29. The highest BCUT2D eigenvalue weighted by molar-refractivity contribution is 5.99. The van der Waals surface area contributed by atoms with Crippen LogP contribution in [0.3, 0.4) is 0 Å². The van der Waals surface area contributed by atoms with Crippen LogP contribution < -0.4 is 9.64 Å². The van der Waals surface area contributed by atoms with Gasteiger partial charge < -0.3 is 23.7 Å². The lowest BCUT2D eigenvalue weighted by atomic mass is 9.78. The van der Waals surface area contributed by atoms with Crippen LogP contribution in [0.15, 0.2) is 97.6 Å². The second kappa shape index (κ2) is 12.7. The van der Waals surface area contributed by atoms with Crippen LogP contribution in [-0.4, -0.2) is 36.8 Å². The fourth-order valence-electron chi connectivity index (χ4n) is 6.67. The summed E-state index contributed by atoms with van der Waals surface area (Å²) in [6, 6.07) is 30.2. The average molecular weight is 601 g/mol. The summed E-state index contributed by atoms with van der Waals surface area (Å²) in [7, 11) is 2.05. The molecule has 0 bridgehead atoms. The van der Waals surface area contributed by atoms with Gasteiger partial charge in [0.25, 0.3) is 0 Å². The Bertz CT molecular complexity index is 1870. The maximum absolute atomic E-state index is 13.5. The Morgan fingerprint density at radius 2 is 1.62 bits per heavy atom. The zero-order chi connectivity index (χ0) is 31.6. The number of aryl methyl sites for hydroxylation is 1. The summed E-state index contributed by atoms with van der Waals surface area (Å²) < 4.78 is 21.2. The monoisotopic (exact) mass is 600 g/mol. The van der Waals surface area contributed by atoms with Gasteiger partial charge in [-0.2, -0.15) is 0 Å². The van der Waals surface area contributed by atoms with Crippen LogP contribution in [0.2, 0.25) is 0 Å². The molecule has 0 saturated heterocycles. The van der Waals surface area contributed by atoms with Crippen LogP contribution in [0.4, 0.5) is 5.69 Å². The van der Waals surface area contributed by atoms with Gasteiger partial charge in [0.05, 0.1) is 18.8 Å². The molecule has 1 unspecified atom stereocenters. The second-order valence-electron chi connectivity index (χ2n) is 11.3. The molecule has 0 saturated carbocycles. The molecule has 0 fully saturated rings. The molecule has 4 aromatic carbocycles. The molecule has 6 rings (SSSR count). The third-order valence-corrected chi connectivity index (χ3v) is 9.01. The number of carbonyl (C=O) groups excluding carboxylic acids is 1. The fourth-order valence-corrected chi connectivity index (χ4v) is 6.67. The number of rotatable bonds is 12. The number of para-hydroxylation sites is 2. The molecule has 1 aliphatic rings.